The van der Waals surface area contributed by atoms with Crippen molar-refractivity contribution < 1.29 is 31.5 Å². The maximum atomic E-state index is 13.1. The molecule has 1 aromatic heterocycles. The van der Waals surface area contributed by atoms with Crippen molar-refractivity contribution in [1.82, 2.24) is 9.78 Å². The smallest absolute Gasteiger partial charge is 0.408 e. The molecule has 10 heteroatoms. The van der Waals surface area contributed by atoms with Crippen LogP contribution in [0.4, 0.5) is 27.6 Å². The van der Waals surface area contributed by atoms with Crippen LogP contribution in [0.1, 0.15) is 6.92 Å². The molecule has 0 saturated carbocycles. The Labute approximate surface area is 133 Å². The Kier molecular flexibility index (Phi) is 5.05. The summed E-state index contributed by atoms with van der Waals surface area (Å²) < 4.78 is 68.3. The maximum Gasteiger partial charge on any atom is 0.408 e. The van der Waals surface area contributed by atoms with Gasteiger partial charge < -0.3 is 10.1 Å². The monoisotopic (exact) mass is 349 g/mol. The molecule has 0 spiro atoms. The summed E-state index contributed by atoms with van der Waals surface area (Å²) in [6.45, 7) is 0.0561. The maximum absolute atomic E-state index is 13.1. The number of alkyl halides is 3. The number of anilines is 1. The number of hydrogen-bond acceptors (Lipinski definition) is 3. The second-order valence-corrected chi connectivity index (χ2v) is 4.87. The molecule has 1 atom stereocenters. The van der Waals surface area contributed by atoms with E-state index in [1.807, 2.05) is 0 Å². The molecule has 0 aliphatic carbocycles. The Morgan fingerprint density at radius 3 is 2.67 bits per heavy atom. The number of carbonyl (C=O) groups is 1. The van der Waals surface area contributed by atoms with E-state index < -0.39 is 36.4 Å². The summed E-state index contributed by atoms with van der Waals surface area (Å²) in [4.78, 5) is 11.9. The lowest BCUT2D eigenvalue weighted by molar-refractivity contribution is -0.142. The standard InChI is InChI=1S/C14H12F5N3O2/c1-8(24-10-2-3-11(15)12(16)4-10)13(23)21-9-5-20-22(6-9)7-14(17,18)19/h2-6,8H,7H2,1H3,(H,21,23)/t8-/m0/s1. The molecule has 0 unspecified atom stereocenters. The summed E-state index contributed by atoms with van der Waals surface area (Å²) in [5, 5.41) is 5.78. The second-order valence-electron chi connectivity index (χ2n) is 4.87. The number of hydrogen-bond donors (Lipinski definition) is 1. The van der Waals surface area contributed by atoms with Crippen LogP contribution in [0.25, 0.3) is 0 Å². The fourth-order valence-electron chi connectivity index (χ4n) is 1.75. The Balaban J connectivity index is 1.95. The Bertz CT molecular complexity index is 729. The Hall–Kier alpha value is -2.65. The minimum absolute atomic E-state index is 0.0463. The predicted molar refractivity (Wildman–Crippen MR) is 73.4 cm³/mol. The summed E-state index contributed by atoms with van der Waals surface area (Å²) >= 11 is 0. The molecule has 2 aromatic rings. The number of rotatable bonds is 5. The number of amides is 1. The normalized spacial score (nSPS) is 12.8. The van der Waals surface area contributed by atoms with E-state index in [0.717, 1.165) is 30.6 Å². The third-order valence-electron chi connectivity index (χ3n) is 2.82. The molecular weight excluding hydrogens is 337 g/mol. The first-order valence-corrected chi connectivity index (χ1v) is 6.66. The van der Waals surface area contributed by atoms with Crippen LogP contribution in [0, 0.1) is 11.6 Å². The highest BCUT2D eigenvalue weighted by molar-refractivity contribution is 5.93. The highest BCUT2D eigenvalue weighted by Crippen LogP contribution is 2.19. The molecule has 24 heavy (non-hydrogen) atoms. The number of aromatic nitrogens is 2. The number of nitrogens with zero attached hydrogens (tertiary/aromatic N) is 2. The molecule has 130 valence electrons. The van der Waals surface area contributed by atoms with Crippen molar-refractivity contribution in [2.45, 2.75) is 25.7 Å². The van der Waals surface area contributed by atoms with Gasteiger partial charge in [0.05, 0.1) is 11.9 Å². The van der Waals surface area contributed by atoms with Gasteiger partial charge in [-0.05, 0) is 19.1 Å². The van der Waals surface area contributed by atoms with Crippen LogP contribution in [0.5, 0.6) is 5.75 Å². The highest BCUT2D eigenvalue weighted by Gasteiger charge is 2.28. The molecule has 1 heterocycles. The van der Waals surface area contributed by atoms with Gasteiger partial charge >= 0.3 is 6.18 Å². The lowest BCUT2D eigenvalue weighted by atomic mass is 10.3. The van der Waals surface area contributed by atoms with Crippen LogP contribution in [-0.2, 0) is 11.3 Å². The van der Waals surface area contributed by atoms with Crippen LogP contribution < -0.4 is 10.1 Å². The molecule has 1 N–H and O–H groups in total. The minimum Gasteiger partial charge on any atom is -0.481 e. The van der Waals surface area contributed by atoms with E-state index >= 15 is 0 Å². The van der Waals surface area contributed by atoms with Crippen molar-refractivity contribution in [2.24, 2.45) is 0 Å². The second kappa shape index (κ2) is 6.85. The highest BCUT2D eigenvalue weighted by atomic mass is 19.4. The summed E-state index contributed by atoms with van der Waals surface area (Å²) in [6.07, 6.45) is -3.47. The van der Waals surface area contributed by atoms with E-state index in [-0.39, 0.29) is 11.4 Å². The molecule has 2 rings (SSSR count). The largest absolute Gasteiger partial charge is 0.481 e. The van der Waals surface area contributed by atoms with Gasteiger partial charge in [0, 0.05) is 12.3 Å². The quantitative estimate of drug-likeness (QED) is 0.844. The van der Waals surface area contributed by atoms with E-state index in [1.165, 1.54) is 6.92 Å². The minimum atomic E-state index is -4.43. The lowest BCUT2D eigenvalue weighted by Crippen LogP contribution is -2.30. The van der Waals surface area contributed by atoms with Gasteiger partial charge in [-0.15, -0.1) is 0 Å². The van der Waals surface area contributed by atoms with Gasteiger partial charge in [-0.1, -0.05) is 0 Å². The lowest BCUT2D eigenvalue weighted by Gasteiger charge is -2.14. The summed E-state index contributed by atoms with van der Waals surface area (Å²) in [7, 11) is 0. The van der Waals surface area contributed by atoms with Gasteiger partial charge in [-0.3, -0.25) is 9.48 Å². The van der Waals surface area contributed by atoms with Crippen LogP contribution in [0.3, 0.4) is 0 Å². The molecule has 1 aromatic carbocycles. The zero-order chi connectivity index (χ0) is 17.9. The number of nitrogens with one attached hydrogen (secondary N) is 1. The molecule has 1 amide bonds. The first-order valence-electron chi connectivity index (χ1n) is 6.66. The van der Waals surface area contributed by atoms with E-state index in [2.05, 4.69) is 10.4 Å². The molecule has 0 saturated heterocycles. The number of ether oxygens (including phenoxy) is 1. The molecule has 0 radical (unpaired) electrons. The van der Waals surface area contributed by atoms with Gasteiger partial charge in [0.2, 0.25) is 0 Å². The summed E-state index contributed by atoms with van der Waals surface area (Å²) in [5.74, 6) is -2.94. The zero-order valence-electron chi connectivity index (χ0n) is 12.3. The number of carbonyl (C=O) groups excluding carboxylic acids is 1. The van der Waals surface area contributed by atoms with E-state index in [0.29, 0.717) is 4.68 Å². The first kappa shape index (κ1) is 17.7. The van der Waals surface area contributed by atoms with E-state index in [9.17, 15) is 26.7 Å². The van der Waals surface area contributed by atoms with Gasteiger partial charge in [0.25, 0.3) is 5.91 Å². The van der Waals surface area contributed by atoms with E-state index in [1.54, 1.807) is 0 Å². The molecule has 0 aliphatic rings. The van der Waals surface area contributed by atoms with Gasteiger partial charge in [-0.2, -0.15) is 18.3 Å². The van der Waals surface area contributed by atoms with Crippen molar-refractivity contribution >= 4 is 11.6 Å². The van der Waals surface area contributed by atoms with Crippen molar-refractivity contribution in [2.75, 3.05) is 5.32 Å². The molecule has 5 nitrogen and oxygen atoms in total. The van der Waals surface area contributed by atoms with Gasteiger partial charge in [0.15, 0.2) is 17.7 Å². The number of halogens is 5. The number of benzene rings is 1. The fraction of sp³-hybridized carbons (Fsp3) is 0.286. The van der Waals surface area contributed by atoms with E-state index in [4.69, 9.17) is 4.74 Å². The van der Waals surface area contributed by atoms with Gasteiger partial charge in [-0.25, -0.2) is 8.78 Å². The third kappa shape index (κ3) is 4.93. The molecular formula is C14H12F5N3O2. The van der Waals surface area contributed by atoms with Gasteiger partial charge in [0.1, 0.15) is 12.3 Å². The SMILES string of the molecule is C[C@H](Oc1ccc(F)c(F)c1)C(=O)Nc1cnn(CC(F)(F)F)c1. The topological polar surface area (TPSA) is 56.1 Å². The van der Waals surface area contributed by atoms with Crippen LogP contribution in [-0.4, -0.2) is 28.0 Å². The van der Waals surface area contributed by atoms with Crippen LogP contribution in [0.15, 0.2) is 30.6 Å². The van der Waals surface area contributed by atoms with Crippen LogP contribution in [0.2, 0.25) is 0 Å². The Morgan fingerprint density at radius 2 is 2.04 bits per heavy atom. The summed E-state index contributed by atoms with van der Waals surface area (Å²) in [6, 6.07) is 2.76. The zero-order valence-corrected chi connectivity index (χ0v) is 12.3. The molecule has 0 fully saturated rings. The Morgan fingerprint density at radius 1 is 1.33 bits per heavy atom. The average Bonchev–Trinajstić information content (AvgIpc) is 2.87. The average molecular weight is 349 g/mol. The summed E-state index contributed by atoms with van der Waals surface area (Å²) in [5.41, 5.74) is 0.0463. The van der Waals surface area contributed by atoms with Crippen molar-refractivity contribution in [1.29, 1.82) is 0 Å². The van der Waals surface area contributed by atoms with Crippen LogP contribution >= 0.6 is 0 Å². The fourth-order valence-corrected chi connectivity index (χ4v) is 1.75. The first-order chi connectivity index (χ1) is 11.1. The molecule has 0 bridgehead atoms. The molecule has 0 aliphatic heterocycles. The van der Waals surface area contributed by atoms with Crippen molar-refractivity contribution in [3.05, 3.63) is 42.2 Å². The predicted octanol–water partition coefficient (Wildman–Crippen LogP) is 3.13. The van der Waals surface area contributed by atoms with Crippen molar-refractivity contribution in [3.8, 4) is 5.75 Å². The van der Waals surface area contributed by atoms with Crippen molar-refractivity contribution in [3.63, 3.8) is 0 Å². The third-order valence-corrected chi connectivity index (χ3v) is 2.82.